The number of hydrogen-bond donors (Lipinski definition) is 1. The van der Waals surface area contributed by atoms with Crippen LogP contribution in [0.1, 0.15) is 42.5 Å². The fraction of sp³-hybridized carbons (Fsp3) is 0.375. The molecular weight excluding hydrogens is 378 g/mol. The molecule has 6 heteroatoms. The number of aliphatic carboxylic acids is 1. The molecule has 3 heterocycles. The van der Waals surface area contributed by atoms with E-state index in [0.717, 1.165) is 25.0 Å². The summed E-state index contributed by atoms with van der Waals surface area (Å²) in [4.78, 5) is 29.9. The van der Waals surface area contributed by atoms with E-state index in [4.69, 9.17) is 5.11 Å². The highest BCUT2D eigenvalue weighted by Gasteiger charge is 2.26. The van der Waals surface area contributed by atoms with Gasteiger partial charge >= 0.3 is 5.97 Å². The molecule has 0 saturated heterocycles. The Labute approximate surface area is 176 Å². The van der Waals surface area contributed by atoms with Crippen molar-refractivity contribution in [2.75, 3.05) is 6.54 Å². The second kappa shape index (κ2) is 9.11. The zero-order chi connectivity index (χ0) is 20.9. The van der Waals surface area contributed by atoms with Gasteiger partial charge in [0.2, 0.25) is 5.91 Å². The van der Waals surface area contributed by atoms with Crippen LogP contribution < -0.4 is 0 Å². The fourth-order valence-electron chi connectivity index (χ4n) is 4.31. The van der Waals surface area contributed by atoms with Crippen LogP contribution in [-0.2, 0) is 35.5 Å². The summed E-state index contributed by atoms with van der Waals surface area (Å²) in [5.74, 6) is -0.695. The Morgan fingerprint density at radius 2 is 1.83 bits per heavy atom. The van der Waals surface area contributed by atoms with Gasteiger partial charge in [0.05, 0.1) is 6.54 Å². The van der Waals surface area contributed by atoms with Gasteiger partial charge in [0.1, 0.15) is 5.65 Å². The van der Waals surface area contributed by atoms with E-state index in [1.54, 1.807) is 0 Å². The first-order valence-electron chi connectivity index (χ1n) is 10.6. The molecule has 1 amide bonds. The van der Waals surface area contributed by atoms with Crippen molar-refractivity contribution in [2.24, 2.45) is 0 Å². The van der Waals surface area contributed by atoms with E-state index >= 15 is 0 Å². The number of hydrogen-bond acceptors (Lipinski definition) is 3. The number of pyridine rings is 1. The van der Waals surface area contributed by atoms with Gasteiger partial charge in [-0.3, -0.25) is 9.59 Å². The number of carboxylic acid groups (broad SMARTS) is 1. The van der Waals surface area contributed by atoms with Crippen molar-refractivity contribution in [3.8, 4) is 0 Å². The predicted molar refractivity (Wildman–Crippen MR) is 115 cm³/mol. The monoisotopic (exact) mass is 405 g/mol. The first kappa shape index (κ1) is 20.1. The maximum Gasteiger partial charge on any atom is 0.303 e. The number of amides is 1. The normalized spacial score (nSPS) is 13.4. The number of nitrogens with zero attached hydrogens (tertiary/aromatic N) is 3. The van der Waals surface area contributed by atoms with E-state index in [-0.39, 0.29) is 12.3 Å². The van der Waals surface area contributed by atoms with Gasteiger partial charge in [0.25, 0.3) is 0 Å². The lowest BCUT2D eigenvalue weighted by Crippen LogP contribution is -2.36. The predicted octanol–water partition coefficient (Wildman–Crippen LogP) is 3.81. The van der Waals surface area contributed by atoms with Gasteiger partial charge in [-0.2, -0.15) is 0 Å². The zero-order valence-corrected chi connectivity index (χ0v) is 17.1. The Balaban J connectivity index is 1.52. The molecule has 3 aromatic rings. The number of carbonyl (C=O) groups is 2. The van der Waals surface area contributed by atoms with Gasteiger partial charge in [-0.25, -0.2) is 4.98 Å². The first-order chi connectivity index (χ1) is 14.6. The first-order valence-corrected chi connectivity index (χ1v) is 10.6. The van der Waals surface area contributed by atoms with Gasteiger partial charge in [-0.1, -0.05) is 30.3 Å². The summed E-state index contributed by atoms with van der Waals surface area (Å²) in [6, 6.07) is 14.5. The lowest BCUT2D eigenvalue weighted by Gasteiger charge is -2.28. The van der Waals surface area contributed by atoms with Crippen LogP contribution >= 0.6 is 0 Å². The Morgan fingerprint density at radius 1 is 1.03 bits per heavy atom. The Hall–Kier alpha value is -3.15. The van der Waals surface area contributed by atoms with Crippen molar-refractivity contribution in [1.29, 1.82) is 0 Å². The molecule has 0 fully saturated rings. The summed E-state index contributed by atoms with van der Waals surface area (Å²) < 4.78 is 2.28. The van der Waals surface area contributed by atoms with Gasteiger partial charge in [-0.05, 0) is 48.9 Å². The van der Waals surface area contributed by atoms with Crippen LogP contribution in [0.3, 0.4) is 0 Å². The van der Waals surface area contributed by atoms with Crippen molar-refractivity contribution in [3.63, 3.8) is 0 Å². The van der Waals surface area contributed by atoms with Gasteiger partial charge in [0.15, 0.2) is 0 Å². The Bertz CT molecular complexity index is 1040. The van der Waals surface area contributed by atoms with Crippen LogP contribution in [0.4, 0.5) is 0 Å². The molecule has 156 valence electrons. The van der Waals surface area contributed by atoms with E-state index in [0.29, 0.717) is 32.4 Å². The molecule has 0 spiro atoms. The number of aryl methyl sites for hydroxylation is 2. The van der Waals surface area contributed by atoms with E-state index in [1.165, 1.54) is 22.2 Å². The van der Waals surface area contributed by atoms with E-state index in [2.05, 4.69) is 39.9 Å². The third-order valence-electron chi connectivity index (χ3n) is 5.86. The van der Waals surface area contributed by atoms with Crippen LogP contribution in [0.25, 0.3) is 11.0 Å². The summed E-state index contributed by atoms with van der Waals surface area (Å²) in [6.45, 7) is 2.13. The molecule has 0 aliphatic carbocycles. The molecule has 1 aliphatic rings. The molecule has 30 heavy (non-hydrogen) atoms. The van der Waals surface area contributed by atoms with Gasteiger partial charge in [-0.15, -0.1) is 0 Å². The summed E-state index contributed by atoms with van der Waals surface area (Å²) in [5.41, 5.74) is 4.77. The molecule has 0 atom stereocenters. The second-order valence-electron chi connectivity index (χ2n) is 7.85. The van der Waals surface area contributed by atoms with E-state index < -0.39 is 5.97 Å². The largest absolute Gasteiger partial charge is 0.481 e. The highest BCUT2D eigenvalue weighted by atomic mass is 16.4. The van der Waals surface area contributed by atoms with Crippen molar-refractivity contribution in [1.82, 2.24) is 14.5 Å². The molecule has 0 saturated carbocycles. The molecule has 2 aromatic heterocycles. The summed E-state index contributed by atoms with van der Waals surface area (Å²) in [5, 5.41) is 9.95. The molecule has 0 bridgehead atoms. The van der Waals surface area contributed by atoms with Crippen LogP contribution in [0.2, 0.25) is 0 Å². The number of carboxylic acids is 1. The van der Waals surface area contributed by atoms with Crippen molar-refractivity contribution < 1.29 is 14.7 Å². The molecule has 1 N–H and O–H groups in total. The van der Waals surface area contributed by atoms with E-state index in [1.807, 2.05) is 23.2 Å². The number of benzene rings is 1. The average molecular weight is 405 g/mol. The SMILES string of the molecule is O=C(O)CCCCC(=O)N1CCc2c(n(CCc3ccccc3)c3ncccc23)C1. The number of fused-ring (bicyclic) bond motifs is 3. The minimum Gasteiger partial charge on any atom is -0.481 e. The average Bonchev–Trinajstić information content (AvgIpc) is 3.08. The maximum absolute atomic E-state index is 12.7. The standard InChI is InChI=1S/C24H27N3O3/c28-22(10-4-5-11-23(29)30)26-15-13-19-20-9-6-14-25-24(20)27(21(19)17-26)16-12-18-7-2-1-3-8-18/h1-3,6-9,14H,4-5,10-13,15-17H2,(H,29,30). The number of aromatic nitrogens is 2. The number of rotatable bonds is 8. The van der Waals surface area contributed by atoms with E-state index in [9.17, 15) is 9.59 Å². The molecule has 1 aromatic carbocycles. The van der Waals surface area contributed by atoms with Crippen molar-refractivity contribution in [3.05, 3.63) is 65.5 Å². The lowest BCUT2D eigenvalue weighted by atomic mass is 10.0. The molecule has 0 unspecified atom stereocenters. The van der Waals surface area contributed by atoms with Crippen LogP contribution in [0.5, 0.6) is 0 Å². The van der Waals surface area contributed by atoms with Crippen molar-refractivity contribution >= 4 is 22.9 Å². The van der Waals surface area contributed by atoms with Gasteiger partial charge < -0.3 is 14.6 Å². The summed E-state index contributed by atoms with van der Waals surface area (Å²) >= 11 is 0. The summed E-state index contributed by atoms with van der Waals surface area (Å²) in [6.07, 6.45) is 5.27. The maximum atomic E-state index is 12.7. The minimum absolute atomic E-state index is 0.110. The van der Waals surface area contributed by atoms with Gasteiger partial charge in [0, 0.05) is 43.2 Å². The minimum atomic E-state index is -0.805. The highest BCUT2D eigenvalue weighted by molar-refractivity contribution is 5.83. The Morgan fingerprint density at radius 3 is 2.63 bits per heavy atom. The van der Waals surface area contributed by atoms with Crippen LogP contribution in [-0.4, -0.2) is 38.0 Å². The topological polar surface area (TPSA) is 75.4 Å². The third kappa shape index (κ3) is 4.37. The molecule has 0 radical (unpaired) electrons. The zero-order valence-electron chi connectivity index (χ0n) is 17.1. The van der Waals surface area contributed by atoms with Crippen LogP contribution in [0.15, 0.2) is 48.7 Å². The molecular formula is C24H27N3O3. The second-order valence-corrected chi connectivity index (χ2v) is 7.85. The number of unbranched alkanes of at least 4 members (excludes halogenated alkanes) is 1. The van der Waals surface area contributed by atoms with Crippen LogP contribution in [0, 0.1) is 0 Å². The smallest absolute Gasteiger partial charge is 0.303 e. The number of carbonyl (C=O) groups excluding carboxylic acids is 1. The highest BCUT2D eigenvalue weighted by Crippen LogP contribution is 2.30. The quantitative estimate of drug-likeness (QED) is 0.578. The molecule has 1 aliphatic heterocycles. The summed E-state index contributed by atoms with van der Waals surface area (Å²) in [7, 11) is 0. The Kier molecular flexibility index (Phi) is 6.12. The third-order valence-corrected chi connectivity index (χ3v) is 5.86. The van der Waals surface area contributed by atoms with Crippen molar-refractivity contribution in [2.45, 2.75) is 51.6 Å². The lowest BCUT2D eigenvalue weighted by molar-refractivity contribution is -0.137. The molecule has 4 rings (SSSR count). The molecule has 6 nitrogen and oxygen atoms in total. The fourth-order valence-corrected chi connectivity index (χ4v) is 4.31.